The van der Waals surface area contributed by atoms with Crippen molar-refractivity contribution in [3.05, 3.63) is 22.9 Å². The minimum Gasteiger partial charge on any atom is -0.360 e. The van der Waals surface area contributed by atoms with Gasteiger partial charge in [-0.25, -0.2) is 0 Å². The quantitative estimate of drug-likeness (QED) is 0.823. The van der Waals surface area contributed by atoms with Gasteiger partial charge in [-0.05, 0) is 24.9 Å². The first-order chi connectivity index (χ1) is 9.28. The van der Waals surface area contributed by atoms with Crippen LogP contribution in [0.3, 0.4) is 0 Å². The maximum atomic E-state index is 9.02. The van der Waals surface area contributed by atoms with Crippen LogP contribution in [0.15, 0.2) is 9.05 Å². The van der Waals surface area contributed by atoms with Crippen LogP contribution in [0.5, 0.6) is 0 Å². The zero-order chi connectivity index (χ0) is 13.2. The summed E-state index contributed by atoms with van der Waals surface area (Å²) in [5.74, 6) is 1.58. The predicted octanol–water partition coefficient (Wildman–Crippen LogP) is 1.43. The molecule has 2 aromatic heterocycles. The summed E-state index contributed by atoms with van der Waals surface area (Å²) in [5, 5.41) is 16.8. The van der Waals surface area contributed by atoms with E-state index in [2.05, 4.69) is 26.3 Å². The van der Waals surface area contributed by atoms with Crippen molar-refractivity contribution in [3.8, 4) is 6.07 Å². The molecule has 1 aliphatic heterocycles. The van der Waals surface area contributed by atoms with Crippen LogP contribution in [-0.4, -0.2) is 28.4 Å². The van der Waals surface area contributed by atoms with Crippen molar-refractivity contribution in [2.24, 2.45) is 0 Å². The second-order valence-corrected chi connectivity index (χ2v) is 4.53. The fourth-order valence-electron chi connectivity index (χ4n) is 2.19. The molecule has 0 spiro atoms. The largest absolute Gasteiger partial charge is 0.360 e. The molecule has 0 radical (unpaired) electrons. The Hall–Kier alpha value is -2.36. The molecule has 7 heteroatoms. The van der Waals surface area contributed by atoms with Gasteiger partial charge < -0.3 is 13.9 Å². The Bertz CT molecular complexity index is 618. The van der Waals surface area contributed by atoms with Gasteiger partial charge in [-0.3, -0.25) is 0 Å². The molecule has 3 rings (SSSR count). The summed E-state index contributed by atoms with van der Waals surface area (Å²) >= 11 is 0. The van der Waals surface area contributed by atoms with Crippen molar-refractivity contribution >= 4 is 5.95 Å². The normalized spacial score (nSPS) is 14.8. The van der Waals surface area contributed by atoms with Gasteiger partial charge in [0.15, 0.2) is 5.76 Å². The van der Waals surface area contributed by atoms with Crippen molar-refractivity contribution in [2.45, 2.75) is 26.2 Å². The lowest BCUT2D eigenvalue weighted by Gasteiger charge is -2.09. The van der Waals surface area contributed by atoms with Crippen molar-refractivity contribution in [1.82, 2.24) is 15.3 Å². The molecule has 0 unspecified atom stereocenters. The Morgan fingerprint density at radius 1 is 1.26 bits per heavy atom. The molecule has 2 aromatic rings. The number of rotatable bonds is 3. The SMILES string of the molecule is Cc1onc(Cc2nc(N3CCCC3)no2)c1C#N. The van der Waals surface area contributed by atoms with E-state index in [4.69, 9.17) is 14.3 Å². The van der Waals surface area contributed by atoms with Gasteiger partial charge in [0.2, 0.25) is 5.89 Å². The summed E-state index contributed by atoms with van der Waals surface area (Å²) in [5.41, 5.74) is 0.984. The lowest BCUT2D eigenvalue weighted by atomic mass is 10.2. The zero-order valence-electron chi connectivity index (χ0n) is 10.6. The molecule has 0 atom stereocenters. The van der Waals surface area contributed by atoms with Crippen LogP contribution in [-0.2, 0) is 6.42 Å². The second-order valence-electron chi connectivity index (χ2n) is 4.53. The number of hydrogen-bond acceptors (Lipinski definition) is 7. The fourth-order valence-corrected chi connectivity index (χ4v) is 2.19. The molecule has 3 heterocycles. The summed E-state index contributed by atoms with van der Waals surface area (Å²) < 4.78 is 10.2. The highest BCUT2D eigenvalue weighted by molar-refractivity contribution is 5.37. The highest BCUT2D eigenvalue weighted by Crippen LogP contribution is 2.19. The third kappa shape index (κ3) is 2.17. The summed E-state index contributed by atoms with van der Waals surface area (Å²) in [7, 11) is 0. The number of aryl methyl sites for hydroxylation is 1. The van der Waals surface area contributed by atoms with E-state index in [1.165, 1.54) is 0 Å². The molecule has 0 amide bonds. The van der Waals surface area contributed by atoms with Crippen LogP contribution in [0.2, 0.25) is 0 Å². The summed E-state index contributed by atoms with van der Waals surface area (Å²) in [4.78, 5) is 6.42. The van der Waals surface area contributed by atoms with Gasteiger partial charge in [0.05, 0.1) is 6.42 Å². The molecule has 7 nitrogen and oxygen atoms in total. The monoisotopic (exact) mass is 259 g/mol. The summed E-state index contributed by atoms with van der Waals surface area (Å²) in [6, 6.07) is 2.07. The molecular weight excluding hydrogens is 246 g/mol. The maximum Gasteiger partial charge on any atom is 0.266 e. The lowest BCUT2D eigenvalue weighted by molar-refractivity contribution is 0.371. The minimum atomic E-state index is 0.321. The van der Waals surface area contributed by atoms with E-state index in [-0.39, 0.29) is 0 Å². The van der Waals surface area contributed by atoms with Crippen LogP contribution in [0, 0.1) is 18.3 Å². The molecule has 1 fully saturated rings. The minimum absolute atomic E-state index is 0.321. The standard InChI is InChI=1S/C12H13N5O2/c1-8-9(7-13)10(15-18-8)6-11-14-12(16-19-11)17-4-2-3-5-17/h2-6H2,1H3. The second kappa shape index (κ2) is 4.72. The summed E-state index contributed by atoms with van der Waals surface area (Å²) in [6.07, 6.45) is 2.64. The van der Waals surface area contributed by atoms with Crippen LogP contribution in [0.4, 0.5) is 5.95 Å². The summed E-state index contributed by atoms with van der Waals surface area (Å²) in [6.45, 7) is 3.63. The Kier molecular flexibility index (Phi) is 2.91. The smallest absolute Gasteiger partial charge is 0.266 e. The van der Waals surface area contributed by atoms with E-state index >= 15 is 0 Å². The van der Waals surface area contributed by atoms with Gasteiger partial charge in [-0.2, -0.15) is 10.2 Å². The Labute approximate surface area is 109 Å². The van der Waals surface area contributed by atoms with Crippen LogP contribution in [0.25, 0.3) is 0 Å². The molecule has 1 aliphatic rings. The van der Waals surface area contributed by atoms with Crippen molar-refractivity contribution in [1.29, 1.82) is 5.26 Å². The average Bonchev–Trinajstić information content (AvgIpc) is 3.11. The van der Waals surface area contributed by atoms with Crippen LogP contribution in [0.1, 0.15) is 35.7 Å². The first-order valence-corrected chi connectivity index (χ1v) is 6.20. The van der Waals surface area contributed by atoms with E-state index in [0.29, 0.717) is 35.3 Å². The van der Waals surface area contributed by atoms with Gasteiger partial charge in [0.25, 0.3) is 5.95 Å². The third-order valence-corrected chi connectivity index (χ3v) is 3.21. The molecule has 0 aromatic carbocycles. The van der Waals surface area contributed by atoms with Gasteiger partial charge in [0, 0.05) is 13.1 Å². The lowest BCUT2D eigenvalue weighted by Crippen LogP contribution is -2.18. The van der Waals surface area contributed by atoms with Crippen molar-refractivity contribution < 1.29 is 9.05 Å². The van der Waals surface area contributed by atoms with Gasteiger partial charge in [0.1, 0.15) is 17.3 Å². The van der Waals surface area contributed by atoms with E-state index in [1.54, 1.807) is 6.92 Å². The maximum absolute atomic E-state index is 9.02. The van der Waals surface area contributed by atoms with E-state index in [1.807, 2.05) is 0 Å². The molecule has 1 saturated heterocycles. The van der Waals surface area contributed by atoms with Gasteiger partial charge >= 0.3 is 0 Å². The highest BCUT2D eigenvalue weighted by Gasteiger charge is 2.20. The third-order valence-electron chi connectivity index (χ3n) is 3.21. The van der Waals surface area contributed by atoms with Crippen LogP contribution >= 0.6 is 0 Å². The van der Waals surface area contributed by atoms with Crippen molar-refractivity contribution in [3.63, 3.8) is 0 Å². The number of nitriles is 1. The van der Waals surface area contributed by atoms with E-state index in [9.17, 15) is 0 Å². The molecule has 0 bridgehead atoms. The molecule has 0 aliphatic carbocycles. The number of hydrogen-bond donors (Lipinski definition) is 0. The van der Waals surface area contributed by atoms with Crippen molar-refractivity contribution in [2.75, 3.05) is 18.0 Å². The molecular formula is C12H13N5O2. The Morgan fingerprint density at radius 3 is 2.79 bits per heavy atom. The zero-order valence-corrected chi connectivity index (χ0v) is 10.6. The topological polar surface area (TPSA) is 92.0 Å². The van der Waals surface area contributed by atoms with E-state index < -0.39 is 0 Å². The number of nitrogens with zero attached hydrogens (tertiary/aromatic N) is 5. The molecule has 98 valence electrons. The Balaban J connectivity index is 1.78. The van der Waals surface area contributed by atoms with Gasteiger partial charge in [-0.1, -0.05) is 5.16 Å². The molecule has 0 N–H and O–H groups in total. The average molecular weight is 259 g/mol. The number of anilines is 1. The Morgan fingerprint density at radius 2 is 2.05 bits per heavy atom. The first-order valence-electron chi connectivity index (χ1n) is 6.20. The molecule has 19 heavy (non-hydrogen) atoms. The number of aromatic nitrogens is 3. The predicted molar refractivity (Wildman–Crippen MR) is 64.5 cm³/mol. The fraction of sp³-hybridized carbons (Fsp3) is 0.500. The van der Waals surface area contributed by atoms with E-state index in [0.717, 1.165) is 25.9 Å². The first kappa shape index (κ1) is 11.7. The van der Waals surface area contributed by atoms with Gasteiger partial charge in [-0.15, -0.1) is 0 Å². The van der Waals surface area contributed by atoms with Crippen LogP contribution < -0.4 is 4.90 Å². The highest BCUT2D eigenvalue weighted by atomic mass is 16.5. The molecule has 0 saturated carbocycles.